The van der Waals surface area contributed by atoms with Gasteiger partial charge in [0.05, 0.1) is 43.9 Å². The second-order valence-electron chi connectivity index (χ2n) is 12.3. The Morgan fingerprint density at radius 1 is 0.896 bits per heavy atom. The lowest BCUT2D eigenvalue weighted by atomic mass is 9.86. The molecule has 0 radical (unpaired) electrons. The van der Waals surface area contributed by atoms with E-state index < -0.39 is 24.6 Å². The van der Waals surface area contributed by atoms with Crippen LogP contribution in [0.1, 0.15) is 32.2 Å². The molecule has 0 spiro atoms. The summed E-state index contributed by atoms with van der Waals surface area (Å²) in [6.45, 7) is 9.39. The summed E-state index contributed by atoms with van der Waals surface area (Å²) in [7, 11) is 2.88. The van der Waals surface area contributed by atoms with Crippen LogP contribution in [0.25, 0.3) is 21.9 Å². The molecule has 3 aromatic carbocycles. The van der Waals surface area contributed by atoms with Crippen LogP contribution in [0, 0.1) is 0 Å². The molecule has 4 N–H and O–H groups in total. The molecule has 48 heavy (non-hydrogen) atoms. The van der Waals surface area contributed by atoms with Gasteiger partial charge in [-0.3, -0.25) is 15.0 Å². The average molecular weight is 656 g/mol. The summed E-state index contributed by atoms with van der Waals surface area (Å²) in [5.41, 5.74) is 3.47. The van der Waals surface area contributed by atoms with Crippen molar-refractivity contribution in [3.05, 3.63) is 72.3 Å². The largest absolute Gasteiger partial charge is 0.492 e. The van der Waals surface area contributed by atoms with Crippen LogP contribution >= 0.6 is 0 Å². The number of aromatic nitrogens is 2. The molecule has 2 heterocycles. The molecule has 0 unspecified atom stereocenters. The number of nitrogens with zero attached hydrogens (tertiary/aromatic N) is 3. The lowest BCUT2D eigenvalue weighted by Crippen LogP contribution is -2.36. The number of ether oxygens (including phenoxy) is 3. The molecule has 4 amide bonds. The first-order valence-electron chi connectivity index (χ1n) is 15.6. The maximum absolute atomic E-state index is 13.5. The molecule has 5 rings (SSSR count). The summed E-state index contributed by atoms with van der Waals surface area (Å²) >= 11 is 0. The number of carbonyl (C=O) groups excluding carboxylic acids is 3. The fourth-order valence-corrected chi connectivity index (χ4v) is 5.29. The van der Waals surface area contributed by atoms with Gasteiger partial charge in [0.1, 0.15) is 5.82 Å². The zero-order valence-electron chi connectivity index (χ0n) is 27.8. The number of likely N-dealkylation sites (N-methyl/N-ethyl adjacent to an activating group) is 1. The Bertz CT molecular complexity index is 1780. The number of rotatable bonds is 9. The van der Waals surface area contributed by atoms with E-state index in [0.717, 1.165) is 59.6 Å². The number of morpholine rings is 1. The molecule has 0 atom stereocenters. The molecule has 1 saturated heterocycles. The summed E-state index contributed by atoms with van der Waals surface area (Å²) in [5, 5.41) is 12.6. The van der Waals surface area contributed by atoms with Crippen LogP contribution < -0.4 is 26.0 Å². The van der Waals surface area contributed by atoms with Crippen LogP contribution in [-0.2, 0) is 26.2 Å². The van der Waals surface area contributed by atoms with Gasteiger partial charge in [0, 0.05) is 43.5 Å². The highest BCUT2D eigenvalue weighted by atomic mass is 16.6. The second-order valence-corrected chi connectivity index (χ2v) is 12.3. The van der Waals surface area contributed by atoms with Crippen LogP contribution in [0.3, 0.4) is 0 Å². The van der Waals surface area contributed by atoms with E-state index in [-0.39, 0.29) is 16.9 Å². The molecule has 13 nitrogen and oxygen atoms in total. The minimum absolute atomic E-state index is 0.215. The Morgan fingerprint density at radius 3 is 2.19 bits per heavy atom. The van der Waals surface area contributed by atoms with Crippen molar-refractivity contribution in [3.63, 3.8) is 0 Å². The van der Waals surface area contributed by atoms with Crippen LogP contribution in [0.15, 0.2) is 60.9 Å². The van der Waals surface area contributed by atoms with E-state index in [2.05, 4.69) is 36.1 Å². The standard InChI is InChI=1S/C35H41N7O6/c1-35(2,3)23-16-28(32(46-5)29(17-23)41-34(45)48-21-31(43)36-4)40-33(44)39-27-11-10-24(25-8-6-7-9-26(25)27)22-18-37-30(38-19-22)20-42-12-14-47-15-13-42/h6-11,16-19H,12-15,20-21H2,1-5H3,(H,36,43)(H,41,45)(H2,39,40,44). The Hall–Kier alpha value is -5.27. The Labute approximate surface area is 279 Å². The van der Waals surface area contributed by atoms with E-state index >= 15 is 0 Å². The molecular formula is C35H41N7O6. The van der Waals surface area contributed by atoms with E-state index in [9.17, 15) is 14.4 Å². The van der Waals surface area contributed by atoms with Gasteiger partial charge >= 0.3 is 12.1 Å². The molecular weight excluding hydrogens is 614 g/mol. The van der Waals surface area contributed by atoms with Crippen LogP contribution in [0.5, 0.6) is 5.75 Å². The number of hydrogen-bond acceptors (Lipinski definition) is 9. The number of amides is 4. The van der Waals surface area contributed by atoms with Gasteiger partial charge in [0.25, 0.3) is 5.91 Å². The third-order valence-corrected chi connectivity index (χ3v) is 7.91. The summed E-state index contributed by atoms with van der Waals surface area (Å²) in [6.07, 6.45) is 2.82. The van der Waals surface area contributed by atoms with Gasteiger partial charge < -0.3 is 30.2 Å². The molecule has 252 valence electrons. The number of fused-ring (bicyclic) bond motifs is 1. The summed E-state index contributed by atoms with van der Waals surface area (Å²) < 4.78 is 16.1. The molecule has 1 aromatic heterocycles. The lowest BCUT2D eigenvalue weighted by Gasteiger charge is -2.25. The highest BCUT2D eigenvalue weighted by Gasteiger charge is 2.23. The molecule has 0 bridgehead atoms. The van der Waals surface area contributed by atoms with Crippen molar-refractivity contribution in [2.24, 2.45) is 0 Å². The highest BCUT2D eigenvalue weighted by Crippen LogP contribution is 2.39. The Kier molecular flexibility index (Phi) is 10.7. The van der Waals surface area contributed by atoms with Gasteiger partial charge in [-0.05, 0) is 40.1 Å². The molecule has 1 fully saturated rings. The van der Waals surface area contributed by atoms with Gasteiger partial charge in [-0.1, -0.05) is 51.1 Å². The zero-order valence-corrected chi connectivity index (χ0v) is 27.8. The van der Waals surface area contributed by atoms with E-state index in [1.165, 1.54) is 14.2 Å². The molecule has 4 aromatic rings. The molecule has 1 aliphatic rings. The fraction of sp³-hybridized carbons (Fsp3) is 0.343. The predicted octanol–water partition coefficient (Wildman–Crippen LogP) is 5.37. The summed E-state index contributed by atoms with van der Waals surface area (Å²) in [4.78, 5) is 49.1. The van der Waals surface area contributed by atoms with E-state index in [4.69, 9.17) is 14.2 Å². The van der Waals surface area contributed by atoms with E-state index in [0.29, 0.717) is 17.9 Å². The number of carbonyl (C=O) groups is 3. The van der Waals surface area contributed by atoms with Crippen molar-refractivity contribution in [2.75, 3.05) is 63.0 Å². The van der Waals surface area contributed by atoms with Crippen molar-refractivity contribution in [2.45, 2.75) is 32.7 Å². The first-order valence-corrected chi connectivity index (χ1v) is 15.6. The molecule has 1 aliphatic heterocycles. The monoisotopic (exact) mass is 655 g/mol. The van der Waals surface area contributed by atoms with Crippen molar-refractivity contribution >= 4 is 45.9 Å². The van der Waals surface area contributed by atoms with Crippen LogP contribution in [-0.4, -0.2) is 80.0 Å². The van der Waals surface area contributed by atoms with E-state index in [1.54, 1.807) is 12.1 Å². The van der Waals surface area contributed by atoms with Crippen molar-refractivity contribution in [1.29, 1.82) is 0 Å². The van der Waals surface area contributed by atoms with Crippen LogP contribution in [0.4, 0.5) is 26.7 Å². The highest BCUT2D eigenvalue weighted by molar-refractivity contribution is 6.10. The smallest absolute Gasteiger partial charge is 0.412 e. The first-order chi connectivity index (χ1) is 23.0. The molecule has 13 heteroatoms. The summed E-state index contributed by atoms with van der Waals surface area (Å²) in [5.74, 6) is 0.517. The maximum Gasteiger partial charge on any atom is 0.412 e. The number of anilines is 3. The zero-order chi connectivity index (χ0) is 34.3. The van der Waals surface area contributed by atoms with Gasteiger partial charge in [-0.2, -0.15) is 0 Å². The number of methoxy groups -OCH3 is 1. The SMILES string of the molecule is CNC(=O)COC(=O)Nc1cc(C(C)(C)C)cc(NC(=O)Nc2ccc(-c3cnc(CN4CCOCC4)nc3)c3ccccc23)c1OC. The second kappa shape index (κ2) is 15.1. The Morgan fingerprint density at radius 2 is 1.54 bits per heavy atom. The number of hydrogen-bond donors (Lipinski definition) is 4. The predicted molar refractivity (Wildman–Crippen MR) is 184 cm³/mol. The first kappa shape index (κ1) is 34.1. The third-order valence-electron chi connectivity index (χ3n) is 7.91. The quantitative estimate of drug-likeness (QED) is 0.186. The number of nitrogens with one attached hydrogen (secondary N) is 4. The fourth-order valence-electron chi connectivity index (χ4n) is 5.29. The number of urea groups is 1. The minimum Gasteiger partial charge on any atom is -0.492 e. The topological polar surface area (TPSA) is 156 Å². The number of benzene rings is 3. The van der Waals surface area contributed by atoms with Crippen molar-refractivity contribution in [1.82, 2.24) is 20.2 Å². The van der Waals surface area contributed by atoms with E-state index in [1.807, 2.05) is 69.6 Å². The van der Waals surface area contributed by atoms with Crippen molar-refractivity contribution < 1.29 is 28.6 Å². The summed E-state index contributed by atoms with van der Waals surface area (Å²) in [6, 6.07) is 14.6. The Balaban J connectivity index is 1.37. The maximum atomic E-state index is 13.5. The van der Waals surface area contributed by atoms with Gasteiger partial charge in [-0.25, -0.2) is 19.6 Å². The average Bonchev–Trinajstić information content (AvgIpc) is 3.07. The lowest BCUT2D eigenvalue weighted by molar-refractivity contribution is -0.123. The van der Waals surface area contributed by atoms with Crippen molar-refractivity contribution in [3.8, 4) is 16.9 Å². The minimum atomic E-state index is -0.845. The van der Waals surface area contributed by atoms with Gasteiger partial charge in [0.2, 0.25) is 0 Å². The third kappa shape index (κ3) is 8.35. The van der Waals surface area contributed by atoms with Crippen LogP contribution in [0.2, 0.25) is 0 Å². The van der Waals surface area contributed by atoms with Gasteiger partial charge in [0.15, 0.2) is 12.4 Å². The molecule has 0 aliphatic carbocycles. The molecule has 0 saturated carbocycles. The van der Waals surface area contributed by atoms with Gasteiger partial charge in [-0.15, -0.1) is 0 Å². The normalized spacial score (nSPS) is 13.4.